The highest BCUT2D eigenvalue weighted by Gasteiger charge is 2.59. The van der Waals surface area contributed by atoms with E-state index in [4.69, 9.17) is 4.74 Å². The van der Waals surface area contributed by atoms with E-state index in [1.165, 1.54) is 81.2 Å². The minimum absolute atomic E-state index is 0.0142. The van der Waals surface area contributed by atoms with Crippen molar-refractivity contribution in [3.8, 4) is 0 Å². The number of carbonyl (C=O) groups excluding carboxylic acids is 1. The molecule has 39 heavy (non-hydrogen) atoms. The molecular formula is C34H49NO4. The number of non-ortho nitro benzene ring substituents is 1. The maximum absolute atomic E-state index is 12.8. The topological polar surface area (TPSA) is 69.4 Å². The number of carbonyl (C=O) groups is 1. The van der Waals surface area contributed by atoms with Gasteiger partial charge in [-0.2, -0.15) is 0 Å². The lowest BCUT2D eigenvalue weighted by molar-refractivity contribution is -0.384. The standard InChI is InChI=1S/C34H49NO4/c1-22(2)7-6-8-23(3)29-15-16-30-28-14-11-25-21-27(17-19-33(25,4)31(28)18-20-34(29,30)5)39-32(36)24-9-12-26(13-10-24)35(37)38/h9-13,22-23,27-31H,6-8,14-21H2,1-5H3/t23-,27+,28-,29-,30-,31-,33+,34-/m1/s1. The average molecular weight is 536 g/mol. The summed E-state index contributed by atoms with van der Waals surface area (Å²) in [6, 6.07) is 5.73. The van der Waals surface area contributed by atoms with Crippen LogP contribution in [-0.4, -0.2) is 17.0 Å². The van der Waals surface area contributed by atoms with Crippen LogP contribution in [0.2, 0.25) is 0 Å². The van der Waals surface area contributed by atoms with Crippen molar-refractivity contribution in [1.29, 1.82) is 0 Å². The van der Waals surface area contributed by atoms with Crippen LogP contribution in [0.15, 0.2) is 35.9 Å². The maximum atomic E-state index is 12.8. The number of ether oxygens (including phenoxy) is 1. The summed E-state index contributed by atoms with van der Waals surface area (Å²) >= 11 is 0. The van der Waals surface area contributed by atoms with E-state index in [0.29, 0.717) is 11.0 Å². The van der Waals surface area contributed by atoms with Gasteiger partial charge in [0.2, 0.25) is 0 Å². The number of benzene rings is 1. The third kappa shape index (κ3) is 5.32. The van der Waals surface area contributed by atoms with Crippen LogP contribution in [0.5, 0.6) is 0 Å². The van der Waals surface area contributed by atoms with E-state index in [9.17, 15) is 14.9 Å². The fraction of sp³-hybridized carbons (Fsp3) is 0.735. The molecule has 0 bridgehead atoms. The van der Waals surface area contributed by atoms with Crippen LogP contribution in [-0.2, 0) is 4.74 Å². The largest absolute Gasteiger partial charge is 0.458 e. The van der Waals surface area contributed by atoms with Crippen LogP contribution in [0.1, 0.15) is 116 Å². The van der Waals surface area contributed by atoms with E-state index >= 15 is 0 Å². The van der Waals surface area contributed by atoms with Gasteiger partial charge in [-0.05, 0) is 103 Å². The summed E-state index contributed by atoms with van der Waals surface area (Å²) in [5.41, 5.74) is 2.60. The second-order valence-corrected chi connectivity index (χ2v) is 14.4. The molecule has 0 aromatic heterocycles. The molecule has 0 aliphatic heterocycles. The molecule has 0 radical (unpaired) electrons. The van der Waals surface area contributed by atoms with Gasteiger partial charge in [0, 0.05) is 18.6 Å². The molecule has 1 aromatic rings. The average Bonchev–Trinajstić information content (AvgIpc) is 3.26. The van der Waals surface area contributed by atoms with Crippen molar-refractivity contribution in [2.45, 2.75) is 111 Å². The number of fused-ring (bicyclic) bond motifs is 5. The number of hydrogen-bond acceptors (Lipinski definition) is 4. The van der Waals surface area contributed by atoms with E-state index in [1.807, 2.05) is 0 Å². The zero-order valence-electron chi connectivity index (χ0n) is 24.8. The zero-order valence-corrected chi connectivity index (χ0v) is 24.8. The van der Waals surface area contributed by atoms with Crippen LogP contribution in [0.25, 0.3) is 0 Å². The molecule has 3 saturated carbocycles. The minimum Gasteiger partial charge on any atom is -0.458 e. The quantitative estimate of drug-likeness (QED) is 0.144. The Hall–Kier alpha value is -2.17. The number of nitro benzene ring substituents is 1. The van der Waals surface area contributed by atoms with Crippen molar-refractivity contribution in [3.05, 3.63) is 51.6 Å². The first-order valence-corrected chi connectivity index (χ1v) is 15.7. The predicted octanol–water partition coefficient (Wildman–Crippen LogP) is 9.16. The molecule has 0 amide bonds. The lowest BCUT2D eigenvalue weighted by Crippen LogP contribution is -2.51. The first-order chi connectivity index (χ1) is 18.5. The molecule has 4 aliphatic rings. The summed E-state index contributed by atoms with van der Waals surface area (Å²) in [7, 11) is 0. The summed E-state index contributed by atoms with van der Waals surface area (Å²) in [5.74, 6) is 4.54. The first kappa shape index (κ1) is 28.4. The lowest BCUT2D eigenvalue weighted by Gasteiger charge is -2.58. The van der Waals surface area contributed by atoms with Gasteiger partial charge in [0.15, 0.2) is 0 Å². The maximum Gasteiger partial charge on any atom is 0.338 e. The SMILES string of the molecule is CC(C)CCC[C@@H](C)[C@H]1CC[C@@H]2[C@H]3CC=C4C[C@@H](OC(=O)c5ccc([N+](=O)[O-])cc5)CC[C@]4(C)[C@@H]3CC[C@@]21C. The fourth-order valence-electron chi connectivity index (χ4n) is 9.69. The molecule has 0 heterocycles. The van der Waals surface area contributed by atoms with Crippen molar-refractivity contribution in [1.82, 2.24) is 0 Å². The van der Waals surface area contributed by atoms with Crippen molar-refractivity contribution in [2.24, 2.45) is 46.3 Å². The highest BCUT2D eigenvalue weighted by atomic mass is 16.6. The van der Waals surface area contributed by atoms with Gasteiger partial charge >= 0.3 is 5.97 Å². The first-order valence-electron chi connectivity index (χ1n) is 15.7. The number of rotatable bonds is 8. The number of nitrogens with zero attached hydrogens (tertiary/aromatic N) is 1. The fourth-order valence-corrected chi connectivity index (χ4v) is 9.69. The number of nitro groups is 1. The van der Waals surface area contributed by atoms with Crippen molar-refractivity contribution < 1.29 is 14.5 Å². The normalized spacial score (nSPS) is 36.4. The van der Waals surface area contributed by atoms with Crippen molar-refractivity contribution in [3.63, 3.8) is 0 Å². The summed E-state index contributed by atoms with van der Waals surface area (Å²) < 4.78 is 5.93. The van der Waals surface area contributed by atoms with Gasteiger partial charge in [0.25, 0.3) is 5.69 Å². The molecule has 5 nitrogen and oxygen atoms in total. The summed E-state index contributed by atoms with van der Waals surface area (Å²) in [6.07, 6.45) is 16.1. The van der Waals surface area contributed by atoms with Gasteiger partial charge in [0.05, 0.1) is 10.5 Å². The molecule has 214 valence electrons. The molecule has 0 spiro atoms. The highest BCUT2D eigenvalue weighted by Crippen LogP contribution is 2.67. The van der Waals surface area contributed by atoms with Crippen molar-refractivity contribution in [2.75, 3.05) is 0 Å². The van der Waals surface area contributed by atoms with Crippen molar-refractivity contribution >= 4 is 11.7 Å². The smallest absolute Gasteiger partial charge is 0.338 e. The molecule has 1 aromatic carbocycles. The molecule has 0 N–H and O–H groups in total. The van der Waals surface area contributed by atoms with E-state index in [0.717, 1.165) is 54.8 Å². The van der Waals surface area contributed by atoms with Gasteiger partial charge < -0.3 is 4.74 Å². The lowest BCUT2D eigenvalue weighted by atomic mass is 9.47. The number of allylic oxidation sites excluding steroid dienone is 1. The Kier molecular flexibility index (Phi) is 8.01. The highest BCUT2D eigenvalue weighted by molar-refractivity contribution is 5.89. The third-order valence-corrected chi connectivity index (χ3v) is 11.8. The Morgan fingerprint density at radius 3 is 2.46 bits per heavy atom. The molecule has 5 rings (SSSR count). The van der Waals surface area contributed by atoms with E-state index in [2.05, 4.69) is 40.7 Å². The van der Waals surface area contributed by atoms with Crippen LogP contribution < -0.4 is 0 Å². The summed E-state index contributed by atoms with van der Waals surface area (Å²) in [5, 5.41) is 10.9. The van der Waals surface area contributed by atoms with Gasteiger partial charge in [-0.3, -0.25) is 10.1 Å². The van der Waals surface area contributed by atoms with E-state index in [1.54, 1.807) is 0 Å². The second-order valence-electron chi connectivity index (χ2n) is 14.4. The van der Waals surface area contributed by atoms with Crippen LogP contribution in [0, 0.1) is 56.5 Å². The van der Waals surface area contributed by atoms with E-state index in [-0.39, 0.29) is 23.2 Å². The summed E-state index contributed by atoms with van der Waals surface area (Å²) in [6.45, 7) is 12.4. The van der Waals surface area contributed by atoms with E-state index < -0.39 is 4.92 Å². The molecule has 4 aliphatic carbocycles. The van der Waals surface area contributed by atoms with Crippen LogP contribution in [0.3, 0.4) is 0 Å². The molecule has 0 unspecified atom stereocenters. The third-order valence-electron chi connectivity index (χ3n) is 11.8. The van der Waals surface area contributed by atoms with Crippen LogP contribution >= 0.6 is 0 Å². The minimum atomic E-state index is -0.450. The van der Waals surface area contributed by atoms with Gasteiger partial charge in [-0.15, -0.1) is 0 Å². The molecular weight excluding hydrogens is 486 g/mol. The second kappa shape index (κ2) is 11.0. The Morgan fingerprint density at radius 2 is 1.77 bits per heavy atom. The Bertz CT molecular complexity index is 1090. The van der Waals surface area contributed by atoms with Gasteiger partial charge in [-0.1, -0.05) is 65.5 Å². The molecule has 0 saturated heterocycles. The van der Waals surface area contributed by atoms with Gasteiger partial charge in [-0.25, -0.2) is 4.79 Å². The predicted molar refractivity (Wildman–Crippen MR) is 155 cm³/mol. The Morgan fingerprint density at radius 1 is 1.03 bits per heavy atom. The molecule has 5 heteroatoms. The number of hydrogen-bond donors (Lipinski definition) is 0. The zero-order chi connectivity index (χ0) is 27.9. The molecule has 3 fully saturated rings. The Labute approximate surface area is 235 Å². The van der Waals surface area contributed by atoms with Gasteiger partial charge in [0.1, 0.15) is 6.10 Å². The summed E-state index contributed by atoms with van der Waals surface area (Å²) in [4.78, 5) is 23.3. The Balaban J connectivity index is 1.23. The molecule has 8 atom stereocenters. The number of esters is 1. The van der Waals surface area contributed by atoms with Crippen LogP contribution in [0.4, 0.5) is 5.69 Å². The monoisotopic (exact) mass is 535 g/mol.